The molecule has 0 bridgehead atoms. The summed E-state index contributed by atoms with van der Waals surface area (Å²) in [6.07, 6.45) is 0. The summed E-state index contributed by atoms with van der Waals surface area (Å²) in [6, 6.07) is 12.1. The van der Waals surface area contributed by atoms with Crippen molar-refractivity contribution >= 4 is 29.2 Å². The fourth-order valence-corrected chi connectivity index (χ4v) is 2.46. The number of anilines is 2. The standard InChI is InChI=1S/C19H20FN3O4/c1-23(11-17(24)21-14-7-5-6-13(20)10-14)12-18(25)22-16-9-4-3-8-15(16)19(26)27-2/h3-10H,11-12H2,1-2H3,(H,21,24)(H,22,25)/p+1. The van der Waals surface area contributed by atoms with Crippen molar-refractivity contribution in [2.45, 2.75) is 0 Å². The monoisotopic (exact) mass is 374 g/mol. The molecule has 0 radical (unpaired) electrons. The minimum Gasteiger partial charge on any atom is -0.465 e. The van der Waals surface area contributed by atoms with Crippen molar-refractivity contribution in [3.05, 3.63) is 59.9 Å². The van der Waals surface area contributed by atoms with Gasteiger partial charge in [-0.25, -0.2) is 9.18 Å². The molecule has 2 amide bonds. The van der Waals surface area contributed by atoms with Crippen molar-refractivity contribution in [2.75, 3.05) is 37.9 Å². The molecule has 0 fully saturated rings. The van der Waals surface area contributed by atoms with Crippen LogP contribution in [0.4, 0.5) is 15.8 Å². The Hall–Kier alpha value is -3.26. The summed E-state index contributed by atoms with van der Waals surface area (Å²) in [5, 5.41) is 5.22. The SMILES string of the molecule is COC(=O)c1ccccc1NC(=O)C[NH+](C)CC(=O)Nc1cccc(F)c1. The predicted molar refractivity (Wildman–Crippen MR) is 98.1 cm³/mol. The van der Waals surface area contributed by atoms with E-state index in [1.165, 1.54) is 25.3 Å². The van der Waals surface area contributed by atoms with Crippen molar-refractivity contribution < 1.29 is 28.4 Å². The third-order valence-corrected chi connectivity index (χ3v) is 3.64. The molecule has 0 heterocycles. The fourth-order valence-electron chi connectivity index (χ4n) is 2.46. The van der Waals surface area contributed by atoms with Crippen LogP contribution in [0.25, 0.3) is 0 Å². The summed E-state index contributed by atoms with van der Waals surface area (Å²) < 4.78 is 17.8. The number of carbonyl (C=O) groups excluding carboxylic acids is 3. The first-order chi connectivity index (χ1) is 12.9. The molecule has 0 aliphatic rings. The third kappa shape index (κ3) is 6.19. The Morgan fingerprint density at radius 3 is 2.33 bits per heavy atom. The Balaban J connectivity index is 1.88. The van der Waals surface area contributed by atoms with Crippen LogP contribution in [0.2, 0.25) is 0 Å². The second kappa shape index (κ2) is 9.44. The van der Waals surface area contributed by atoms with Gasteiger partial charge in [0.2, 0.25) is 0 Å². The second-order valence-electron chi connectivity index (χ2n) is 5.95. The van der Waals surface area contributed by atoms with E-state index >= 15 is 0 Å². The van der Waals surface area contributed by atoms with Crippen LogP contribution < -0.4 is 15.5 Å². The van der Waals surface area contributed by atoms with Gasteiger partial charge in [0.15, 0.2) is 13.1 Å². The van der Waals surface area contributed by atoms with Crippen molar-refractivity contribution in [3.8, 4) is 0 Å². The zero-order chi connectivity index (χ0) is 19.8. The maximum absolute atomic E-state index is 13.1. The number of hydrogen-bond acceptors (Lipinski definition) is 4. The molecule has 1 atom stereocenters. The number of hydrogen-bond donors (Lipinski definition) is 3. The lowest BCUT2D eigenvalue weighted by molar-refractivity contribution is -0.862. The highest BCUT2D eigenvalue weighted by Crippen LogP contribution is 2.15. The summed E-state index contributed by atoms with van der Waals surface area (Å²) in [7, 11) is 2.94. The highest BCUT2D eigenvalue weighted by molar-refractivity contribution is 6.01. The Bertz CT molecular complexity index is 841. The lowest BCUT2D eigenvalue weighted by atomic mass is 10.2. The number of quaternary nitrogens is 1. The predicted octanol–water partition coefficient (Wildman–Crippen LogP) is 0.704. The minimum atomic E-state index is -0.555. The van der Waals surface area contributed by atoms with Crippen molar-refractivity contribution in [1.29, 1.82) is 0 Å². The first-order valence-corrected chi connectivity index (χ1v) is 8.23. The van der Waals surface area contributed by atoms with Gasteiger partial charge in [-0.05, 0) is 30.3 Å². The molecule has 0 aliphatic heterocycles. The summed E-state index contributed by atoms with van der Waals surface area (Å²) in [5.41, 5.74) is 0.936. The number of para-hydroxylation sites is 1. The van der Waals surface area contributed by atoms with Gasteiger partial charge in [0, 0.05) is 5.69 Å². The van der Waals surface area contributed by atoms with E-state index in [1.54, 1.807) is 37.4 Å². The zero-order valence-corrected chi connectivity index (χ0v) is 15.0. The summed E-state index contributed by atoms with van der Waals surface area (Å²) in [5.74, 6) is -1.71. The Kier molecular flexibility index (Phi) is 7.01. The Morgan fingerprint density at radius 1 is 1.00 bits per heavy atom. The molecule has 142 valence electrons. The molecule has 1 unspecified atom stereocenters. The van der Waals surface area contributed by atoms with E-state index < -0.39 is 11.8 Å². The molecule has 2 aromatic rings. The van der Waals surface area contributed by atoms with Crippen LogP contribution in [0.5, 0.6) is 0 Å². The van der Waals surface area contributed by atoms with Crippen molar-refractivity contribution in [1.82, 2.24) is 0 Å². The van der Waals surface area contributed by atoms with Gasteiger partial charge in [0.1, 0.15) is 5.82 Å². The van der Waals surface area contributed by atoms with E-state index in [1.807, 2.05) is 0 Å². The van der Waals surface area contributed by atoms with E-state index in [9.17, 15) is 18.8 Å². The highest BCUT2D eigenvalue weighted by atomic mass is 19.1. The second-order valence-corrected chi connectivity index (χ2v) is 5.95. The van der Waals surface area contributed by atoms with Gasteiger partial charge in [-0.3, -0.25) is 9.59 Å². The van der Waals surface area contributed by atoms with Gasteiger partial charge in [-0.1, -0.05) is 18.2 Å². The molecule has 0 saturated heterocycles. The number of halogens is 1. The van der Waals surface area contributed by atoms with Gasteiger partial charge in [-0.15, -0.1) is 0 Å². The molecular formula is C19H21FN3O4+. The van der Waals surface area contributed by atoms with E-state index in [0.29, 0.717) is 16.3 Å². The molecular weight excluding hydrogens is 353 g/mol. The molecule has 2 aromatic carbocycles. The van der Waals surface area contributed by atoms with Crippen LogP contribution in [0.15, 0.2) is 48.5 Å². The lowest BCUT2D eigenvalue weighted by Gasteiger charge is -2.14. The zero-order valence-electron chi connectivity index (χ0n) is 15.0. The number of carbonyl (C=O) groups is 3. The van der Waals surface area contributed by atoms with Crippen LogP contribution in [0, 0.1) is 5.82 Å². The molecule has 0 saturated carbocycles. The smallest absolute Gasteiger partial charge is 0.339 e. The molecule has 0 spiro atoms. The number of likely N-dealkylation sites (N-methyl/N-ethyl adjacent to an activating group) is 1. The summed E-state index contributed by atoms with van der Waals surface area (Å²) >= 11 is 0. The fraction of sp³-hybridized carbons (Fsp3) is 0.211. The third-order valence-electron chi connectivity index (χ3n) is 3.64. The number of ether oxygens (including phenoxy) is 1. The van der Waals surface area contributed by atoms with Crippen LogP contribution in [0.1, 0.15) is 10.4 Å². The average Bonchev–Trinajstić information content (AvgIpc) is 2.61. The molecule has 2 rings (SSSR count). The molecule has 8 heteroatoms. The van der Waals surface area contributed by atoms with Gasteiger partial charge < -0.3 is 20.3 Å². The topological polar surface area (TPSA) is 88.9 Å². The quantitative estimate of drug-likeness (QED) is 0.623. The highest BCUT2D eigenvalue weighted by Gasteiger charge is 2.17. The van der Waals surface area contributed by atoms with Crippen LogP contribution >= 0.6 is 0 Å². The van der Waals surface area contributed by atoms with Gasteiger partial charge in [-0.2, -0.15) is 0 Å². The van der Waals surface area contributed by atoms with E-state index in [0.717, 1.165) is 0 Å². The van der Waals surface area contributed by atoms with E-state index in [-0.39, 0.29) is 30.5 Å². The number of amides is 2. The van der Waals surface area contributed by atoms with Gasteiger partial charge in [0.25, 0.3) is 11.8 Å². The van der Waals surface area contributed by atoms with E-state index in [4.69, 9.17) is 0 Å². The minimum absolute atomic E-state index is 0.00603. The molecule has 7 nitrogen and oxygen atoms in total. The molecule has 3 N–H and O–H groups in total. The average molecular weight is 374 g/mol. The summed E-state index contributed by atoms with van der Waals surface area (Å²) in [4.78, 5) is 36.6. The van der Waals surface area contributed by atoms with E-state index in [2.05, 4.69) is 15.4 Å². The van der Waals surface area contributed by atoms with Crippen LogP contribution in [-0.4, -0.2) is 45.0 Å². The number of methoxy groups -OCH3 is 1. The first-order valence-electron chi connectivity index (χ1n) is 8.23. The van der Waals surface area contributed by atoms with Gasteiger partial charge >= 0.3 is 5.97 Å². The van der Waals surface area contributed by atoms with Gasteiger partial charge in [0.05, 0.1) is 25.4 Å². The molecule has 0 aromatic heterocycles. The number of esters is 1. The summed E-state index contributed by atoms with van der Waals surface area (Å²) in [6.45, 7) is 0.0225. The van der Waals surface area contributed by atoms with Crippen molar-refractivity contribution in [3.63, 3.8) is 0 Å². The van der Waals surface area contributed by atoms with Crippen molar-refractivity contribution in [2.24, 2.45) is 0 Å². The number of benzene rings is 2. The number of nitrogens with one attached hydrogen (secondary N) is 3. The van der Waals surface area contributed by atoms with Crippen LogP contribution in [0.3, 0.4) is 0 Å². The maximum Gasteiger partial charge on any atom is 0.339 e. The normalized spacial score (nSPS) is 11.4. The Morgan fingerprint density at radius 2 is 1.67 bits per heavy atom. The first kappa shape index (κ1) is 20.1. The molecule has 27 heavy (non-hydrogen) atoms. The number of rotatable bonds is 7. The van der Waals surface area contributed by atoms with Crippen LogP contribution in [-0.2, 0) is 14.3 Å². The maximum atomic E-state index is 13.1. The largest absolute Gasteiger partial charge is 0.465 e. The molecule has 0 aliphatic carbocycles. The lowest BCUT2D eigenvalue weighted by Crippen LogP contribution is -3.11. The Labute approximate surface area is 156 Å².